The lowest BCUT2D eigenvalue weighted by Crippen LogP contribution is -2.28. The van der Waals surface area contributed by atoms with E-state index < -0.39 is 5.97 Å². The monoisotopic (exact) mass is 236 g/mol. The van der Waals surface area contributed by atoms with Crippen molar-refractivity contribution in [3.05, 3.63) is 28.2 Å². The molecule has 0 amide bonds. The van der Waals surface area contributed by atoms with Crippen molar-refractivity contribution in [2.45, 2.75) is 44.6 Å². The summed E-state index contributed by atoms with van der Waals surface area (Å²) < 4.78 is 1.36. The summed E-state index contributed by atoms with van der Waals surface area (Å²) in [7, 11) is 0. The van der Waals surface area contributed by atoms with Crippen LogP contribution in [0.1, 0.15) is 55.1 Å². The number of carboxylic acid groups (broad SMARTS) is 1. The van der Waals surface area contributed by atoms with Crippen LogP contribution in [0.5, 0.6) is 0 Å². The Morgan fingerprint density at radius 2 is 1.88 bits per heavy atom. The maximum Gasteiger partial charge on any atom is 0.356 e. The molecule has 0 atom stereocenters. The molecule has 5 heteroatoms. The first kappa shape index (κ1) is 11.8. The molecule has 1 fully saturated rings. The molecule has 0 aromatic carbocycles. The Hall–Kier alpha value is -1.65. The molecule has 1 aliphatic rings. The van der Waals surface area contributed by atoms with Gasteiger partial charge in [-0.2, -0.15) is 5.10 Å². The quantitative estimate of drug-likeness (QED) is 0.795. The molecular weight excluding hydrogens is 220 g/mol. The van der Waals surface area contributed by atoms with Gasteiger partial charge in [0.15, 0.2) is 5.69 Å². The van der Waals surface area contributed by atoms with Crippen LogP contribution < -0.4 is 5.56 Å². The van der Waals surface area contributed by atoms with Crippen molar-refractivity contribution in [2.75, 3.05) is 0 Å². The first-order valence-electron chi connectivity index (χ1n) is 6.01. The predicted molar refractivity (Wildman–Crippen MR) is 62.2 cm³/mol. The molecule has 0 bridgehead atoms. The molecule has 1 aromatic heterocycles. The van der Waals surface area contributed by atoms with E-state index in [2.05, 4.69) is 5.10 Å². The average molecular weight is 236 g/mol. The van der Waals surface area contributed by atoms with E-state index in [1.807, 2.05) is 0 Å². The number of nitrogens with zero attached hydrogens (tertiary/aromatic N) is 2. The van der Waals surface area contributed by atoms with Crippen LogP contribution in [-0.2, 0) is 0 Å². The maximum atomic E-state index is 11.7. The molecule has 1 N–H and O–H groups in total. The zero-order valence-corrected chi connectivity index (χ0v) is 9.63. The van der Waals surface area contributed by atoms with E-state index in [-0.39, 0.29) is 17.3 Å². The smallest absolute Gasteiger partial charge is 0.356 e. The third kappa shape index (κ3) is 2.72. The highest BCUT2D eigenvalue weighted by Crippen LogP contribution is 2.25. The van der Waals surface area contributed by atoms with E-state index in [0.717, 1.165) is 25.7 Å². The van der Waals surface area contributed by atoms with E-state index in [1.54, 1.807) is 0 Å². The van der Waals surface area contributed by atoms with Gasteiger partial charge in [0.1, 0.15) is 0 Å². The van der Waals surface area contributed by atoms with Crippen molar-refractivity contribution in [1.82, 2.24) is 9.78 Å². The van der Waals surface area contributed by atoms with Crippen molar-refractivity contribution in [3.8, 4) is 0 Å². The molecular formula is C12H16N2O3. The molecule has 17 heavy (non-hydrogen) atoms. The number of hydrogen-bond acceptors (Lipinski definition) is 3. The topological polar surface area (TPSA) is 72.2 Å². The molecule has 2 rings (SSSR count). The zero-order chi connectivity index (χ0) is 12.3. The SMILES string of the molecule is O=C(O)c1ccc(=O)n(C2CCCCCC2)n1. The van der Waals surface area contributed by atoms with Crippen LogP contribution >= 0.6 is 0 Å². The molecule has 92 valence electrons. The second-order valence-corrected chi connectivity index (χ2v) is 4.45. The van der Waals surface area contributed by atoms with E-state index in [4.69, 9.17) is 5.11 Å². The largest absolute Gasteiger partial charge is 0.476 e. The standard InChI is InChI=1S/C12H16N2O3/c15-11-8-7-10(12(16)17)13-14(11)9-5-3-1-2-4-6-9/h7-9H,1-6H2,(H,16,17). The maximum absolute atomic E-state index is 11.7. The number of aromatic carboxylic acids is 1. The van der Waals surface area contributed by atoms with Gasteiger partial charge >= 0.3 is 5.97 Å². The minimum absolute atomic E-state index is 0.0595. The highest BCUT2D eigenvalue weighted by Gasteiger charge is 2.17. The predicted octanol–water partition coefficient (Wildman–Crippen LogP) is 1.84. The number of hydrogen-bond donors (Lipinski definition) is 1. The van der Waals surface area contributed by atoms with Crippen LogP contribution in [0.25, 0.3) is 0 Å². The van der Waals surface area contributed by atoms with Crippen LogP contribution in [-0.4, -0.2) is 20.9 Å². The number of carbonyl (C=O) groups is 1. The molecule has 5 nitrogen and oxygen atoms in total. The zero-order valence-electron chi connectivity index (χ0n) is 9.63. The number of aromatic nitrogens is 2. The van der Waals surface area contributed by atoms with E-state index in [9.17, 15) is 9.59 Å². The summed E-state index contributed by atoms with van der Waals surface area (Å²) in [6, 6.07) is 2.61. The fourth-order valence-electron chi connectivity index (χ4n) is 2.30. The van der Waals surface area contributed by atoms with Crippen molar-refractivity contribution in [1.29, 1.82) is 0 Å². The Morgan fingerprint density at radius 3 is 2.47 bits per heavy atom. The normalized spacial score (nSPS) is 17.6. The van der Waals surface area contributed by atoms with E-state index in [0.29, 0.717) is 0 Å². The Kier molecular flexibility index (Phi) is 3.56. The summed E-state index contributed by atoms with van der Waals surface area (Å²) in [5.74, 6) is -1.09. The fourth-order valence-corrected chi connectivity index (χ4v) is 2.30. The van der Waals surface area contributed by atoms with Gasteiger partial charge in [0.05, 0.1) is 6.04 Å². The van der Waals surface area contributed by atoms with Gasteiger partial charge < -0.3 is 5.11 Å². The molecule has 0 saturated heterocycles. The van der Waals surface area contributed by atoms with Crippen molar-refractivity contribution in [3.63, 3.8) is 0 Å². The molecule has 0 aliphatic heterocycles. The highest BCUT2D eigenvalue weighted by molar-refractivity contribution is 5.84. The second-order valence-electron chi connectivity index (χ2n) is 4.45. The first-order valence-corrected chi connectivity index (χ1v) is 6.01. The lowest BCUT2D eigenvalue weighted by Gasteiger charge is -2.16. The summed E-state index contributed by atoms with van der Waals surface area (Å²) in [4.78, 5) is 22.6. The van der Waals surface area contributed by atoms with Gasteiger partial charge in [-0.05, 0) is 18.9 Å². The minimum atomic E-state index is -1.09. The summed E-state index contributed by atoms with van der Waals surface area (Å²) in [5, 5.41) is 12.8. The van der Waals surface area contributed by atoms with Gasteiger partial charge in [0.25, 0.3) is 5.56 Å². The molecule has 1 heterocycles. The minimum Gasteiger partial charge on any atom is -0.476 e. The Balaban J connectivity index is 2.32. The lowest BCUT2D eigenvalue weighted by molar-refractivity contribution is 0.0686. The Morgan fingerprint density at radius 1 is 1.24 bits per heavy atom. The van der Waals surface area contributed by atoms with E-state index >= 15 is 0 Å². The highest BCUT2D eigenvalue weighted by atomic mass is 16.4. The van der Waals surface area contributed by atoms with E-state index in [1.165, 1.54) is 29.7 Å². The van der Waals surface area contributed by atoms with Crippen molar-refractivity contribution in [2.24, 2.45) is 0 Å². The third-order valence-electron chi connectivity index (χ3n) is 3.21. The summed E-state index contributed by atoms with van der Waals surface area (Å²) in [6.45, 7) is 0. The van der Waals surface area contributed by atoms with Gasteiger partial charge in [0, 0.05) is 6.07 Å². The molecule has 0 radical (unpaired) electrons. The molecule has 1 saturated carbocycles. The molecule has 1 aliphatic carbocycles. The van der Waals surface area contributed by atoms with Crippen LogP contribution in [0.2, 0.25) is 0 Å². The van der Waals surface area contributed by atoms with Gasteiger partial charge in [-0.1, -0.05) is 25.7 Å². The fraction of sp³-hybridized carbons (Fsp3) is 0.583. The molecule has 1 aromatic rings. The van der Waals surface area contributed by atoms with Gasteiger partial charge in [0.2, 0.25) is 0 Å². The van der Waals surface area contributed by atoms with Crippen LogP contribution in [0.15, 0.2) is 16.9 Å². The van der Waals surface area contributed by atoms with Crippen LogP contribution in [0.4, 0.5) is 0 Å². The number of carboxylic acids is 1. The lowest BCUT2D eigenvalue weighted by atomic mass is 10.1. The van der Waals surface area contributed by atoms with Crippen LogP contribution in [0, 0.1) is 0 Å². The first-order chi connectivity index (χ1) is 8.18. The second kappa shape index (κ2) is 5.12. The molecule has 0 unspecified atom stereocenters. The van der Waals surface area contributed by atoms with Crippen molar-refractivity contribution < 1.29 is 9.90 Å². The third-order valence-corrected chi connectivity index (χ3v) is 3.21. The van der Waals surface area contributed by atoms with Gasteiger partial charge in [-0.25, -0.2) is 9.48 Å². The van der Waals surface area contributed by atoms with Gasteiger partial charge in [-0.15, -0.1) is 0 Å². The van der Waals surface area contributed by atoms with Crippen LogP contribution in [0.3, 0.4) is 0 Å². The van der Waals surface area contributed by atoms with Crippen molar-refractivity contribution >= 4 is 5.97 Å². The van der Waals surface area contributed by atoms with Gasteiger partial charge in [-0.3, -0.25) is 4.79 Å². The summed E-state index contributed by atoms with van der Waals surface area (Å²) in [5.41, 5.74) is -0.268. The average Bonchev–Trinajstić information content (AvgIpc) is 2.58. The summed E-state index contributed by atoms with van der Waals surface area (Å²) >= 11 is 0. The number of rotatable bonds is 2. The Bertz CT molecular complexity index is 459. The Labute approximate surface area is 99.1 Å². The molecule has 0 spiro atoms. The summed E-state index contributed by atoms with van der Waals surface area (Å²) in [6.07, 6.45) is 6.35.